The summed E-state index contributed by atoms with van der Waals surface area (Å²) in [6, 6.07) is 0.141. The predicted molar refractivity (Wildman–Crippen MR) is 37.9 cm³/mol. The lowest BCUT2D eigenvalue weighted by atomic mass is 10.0. The van der Waals surface area contributed by atoms with Crippen molar-refractivity contribution in [3.05, 3.63) is 12.2 Å². The average Bonchev–Trinajstić information content (AvgIpc) is 1.88. The smallest absolute Gasteiger partial charge is 0.404 e. The lowest BCUT2D eigenvalue weighted by molar-refractivity contribution is 0.189. The summed E-state index contributed by atoms with van der Waals surface area (Å²) in [6.45, 7) is 0. The van der Waals surface area contributed by atoms with Gasteiger partial charge in [0.25, 0.3) is 0 Å². The van der Waals surface area contributed by atoms with Gasteiger partial charge in [-0.05, 0) is 19.3 Å². The maximum absolute atomic E-state index is 10.1. The Bertz CT molecular complexity index is 154. The van der Waals surface area contributed by atoms with Crippen molar-refractivity contribution in [2.24, 2.45) is 0 Å². The molecule has 0 fully saturated rings. The highest BCUT2D eigenvalue weighted by molar-refractivity contribution is 5.64. The molecule has 3 heteroatoms. The van der Waals surface area contributed by atoms with Gasteiger partial charge in [0.2, 0.25) is 0 Å². The third-order valence-corrected chi connectivity index (χ3v) is 1.60. The van der Waals surface area contributed by atoms with Crippen LogP contribution in [0.5, 0.6) is 0 Å². The highest BCUT2D eigenvalue weighted by atomic mass is 16.4. The Balaban J connectivity index is 2.28. The van der Waals surface area contributed by atoms with Gasteiger partial charge in [-0.3, -0.25) is 0 Å². The topological polar surface area (TPSA) is 49.3 Å². The van der Waals surface area contributed by atoms with Crippen LogP contribution >= 0.6 is 0 Å². The Labute approximate surface area is 59.7 Å². The van der Waals surface area contributed by atoms with Crippen molar-refractivity contribution >= 4 is 6.09 Å². The number of carbonyl (C=O) groups is 1. The van der Waals surface area contributed by atoms with Crippen molar-refractivity contribution in [1.29, 1.82) is 0 Å². The maximum Gasteiger partial charge on any atom is 0.404 e. The molecule has 0 aliphatic heterocycles. The van der Waals surface area contributed by atoms with E-state index in [-0.39, 0.29) is 6.04 Å². The van der Waals surface area contributed by atoms with Crippen LogP contribution in [0.25, 0.3) is 0 Å². The van der Waals surface area contributed by atoms with Crippen LogP contribution in [0.3, 0.4) is 0 Å². The highest BCUT2D eigenvalue weighted by Gasteiger charge is 2.10. The molecule has 0 aromatic carbocycles. The van der Waals surface area contributed by atoms with Gasteiger partial charge in [0.1, 0.15) is 0 Å². The zero-order valence-electron chi connectivity index (χ0n) is 5.71. The molecule has 0 spiro atoms. The molecule has 0 heterocycles. The van der Waals surface area contributed by atoms with Crippen LogP contribution in [0.1, 0.15) is 19.3 Å². The van der Waals surface area contributed by atoms with Crippen LogP contribution in [0.4, 0.5) is 4.79 Å². The van der Waals surface area contributed by atoms with Crippen molar-refractivity contribution in [3.63, 3.8) is 0 Å². The van der Waals surface area contributed by atoms with E-state index in [0.717, 1.165) is 19.3 Å². The molecule has 10 heavy (non-hydrogen) atoms. The van der Waals surface area contributed by atoms with E-state index in [0.29, 0.717) is 0 Å². The van der Waals surface area contributed by atoms with E-state index in [2.05, 4.69) is 11.4 Å². The Morgan fingerprint density at radius 1 is 1.60 bits per heavy atom. The molecule has 0 saturated heterocycles. The molecule has 0 aromatic rings. The van der Waals surface area contributed by atoms with Gasteiger partial charge in [-0.25, -0.2) is 4.79 Å². The van der Waals surface area contributed by atoms with Crippen LogP contribution in [-0.4, -0.2) is 17.2 Å². The number of hydrogen-bond acceptors (Lipinski definition) is 1. The summed E-state index contributed by atoms with van der Waals surface area (Å²) in [7, 11) is 0. The Hall–Kier alpha value is -0.990. The average molecular weight is 141 g/mol. The number of allylic oxidation sites excluding steroid dienone is 1. The van der Waals surface area contributed by atoms with E-state index in [1.54, 1.807) is 0 Å². The summed E-state index contributed by atoms with van der Waals surface area (Å²) < 4.78 is 0. The lowest BCUT2D eigenvalue weighted by Gasteiger charge is -2.16. The standard InChI is InChI=1S/C7H11NO2/c9-7(10)8-6-4-2-1-3-5-6/h1-2,6,8H,3-5H2,(H,9,10). The molecule has 3 nitrogen and oxygen atoms in total. The molecule has 0 radical (unpaired) electrons. The molecular formula is C7H11NO2. The van der Waals surface area contributed by atoms with Gasteiger partial charge in [-0.2, -0.15) is 0 Å². The van der Waals surface area contributed by atoms with Crippen LogP contribution < -0.4 is 5.32 Å². The zero-order chi connectivity index (χ0) is 7.40. The van der Waals surface area contributed by atoms with Crippen molar-refractivity contribution < 1.29 is 9.90 Å². The van der Waals surface area contributed by atoms with E-state index in [1.807, 2.05) is 6.08 Å². The molecule has 1 unspecified atom stereocenters. The molecule has 1 aliphatic rings. The number of amides is 1. The number of carboxylic acid groups (broad SMARTS) is 1. The fraction of sp³-hybridized carbons (Fsp3) is 0.571. The van der Waals surface area contributed by atoms with Gasteiger partial charge in [0.15, 0.2) is 0 Å². The molecule has 1 atom stereocenters. The Morgan fingerprint density at radius 3 is 2.90 bits per heavy atom. The van der Waals surface area contributed by atoms with Gasteiger partial charge in [-0.1, -0.05) is 12.2 Å². The van der Waals surface area contributed by atoms with Gasteiger partial charge in [0.05, 0.1) is 0 Å². The minimum absolute atomic E-state index is 0.141. The predicted octanol–water partition coefficient (Wildman–Crippen LogP) is 1.36. The van der Waals surface area contributed by atoms with Crippen molar-refractivity contribution in [3.8, 4) is 0 Å². The summed E-state index contributed by atoms with van der Waals surface area (Å²) in [5, 5.41) is 10.8. The minimum Gasteiger partial charge on any atom is -0.465 e. The highest BCUT2D eigenvalue weighted by Crippen LogP contribution is 2.09. The second-order valence-electron chi connectivity index (χ2n) is 2.43. The van der Waals surface area contributed by atoms with Crippen LogP contribution in [0.15, 0.2) is 12.2 Å². The monoisotopic (exact) mass is 141 g/mol. The van der Waals surface area contributed by atoms with Gasteiger partial charge < -0.3 is 10.4 Å². The second-order valence-corrected chi connectivity index (χ2v) is 2.43. The summed E-state index contributed by atoms with van der Waals surface area (Å²) in [5.41, 5.74) is 0. The lowest BCUT2D eigenvalue weighted by Crippen LogP contribution is -2.33. The second kappa shape index (κ2) is 3.25. The normalized spacial score (nSPS) is 24.2. The Kier molecular flexibility index (Phi) is 2.31. The first-order chi connectivity index (χ1) is 4.79. The molecule has 1 rings (SSSR count). The van der Waals surface area contributed by atoms with Crippen molar-refractivity contribution in [1.82, 2.24) is 5.32 Å². The van der Waals surface area contributed by atoms with Crippen molar-refractivity contribution in [2.75, 3.05) is 0 Å². The van der Waals surface area contributed by atoms with Crippen LogP contribution in [-0.2, 0) is 0 Å². The summed E-state index contributed by atoms with van der Waals surface area (Å²) in [4.78, 5) is 10.1. The molecular weight excluding hydrogens is 130 g/mol. The molecule has 56 valence electrons. The molecule has 1 amide bonds. The fourth-order valence-electron chi connectivity index (χ4n) is 1.10. The summed E-state index contributed by atoms with van der Waals surface area (Å²) in [6.07, 6.45) is 5.95. The molecule has 0 saturated carbocycles. The molecule has 0 aromatic heterocycles. The molecule has 1 aliphatic carbocycles. The first kappa shape index (κ1) is 7.12. The van der Waals surface area contributed by atoms with E-state index < -0.39 is 6.09 Å². The third-order valence-electron chi connectivity index (χ3n) is 1.60. The van der Waals surface area contributed by atoms with Gasteiger partial charge >= 0.3 is 6.09 Å². The molecule has 2 N–H and O–H groups in total. The van der Waals surface area contributed by atoms with Crippen molar-refractivity contribution in [2.45, 2.75) is 25.3 Å². The minimum atomic E-state index is -0.916. The summed E-state index contributed by atoms with van der Waals surface area (Å²) in [5.74, 6) is 0. The van der Waals surface area contributed by atoms with E-state index >= 15 is 0 Å². The number of hydrogen-bond donors (Lipinski definition) is 2. The summed E-state index contributed by atoms with van der Waals surface area (Å²) >= 11 is 0. The maximum atomic E-state index is 10.1. The number of nitrogens with one attached hydrogen (secondary N) is 1. The van der Waals surface area contributed by atoms with Crippen LogP contribution in [0.2, 0.25) is 0 Å². The fourth-order valence-corrected chi connectivity index (χ4v) is 1.10. The number of rotatable bonds is 1. The first-order valence-corrected chi connectivity index (χ1v) is 3.43. The van der Waals surface area contributed by atoms with E-state index in [9.17, 15) is 4.79 Å². The quantitative estimate of drug-likeness (QED) is 0.542. The first-order valence-electron chi connectivity index (χ1n) is 3.43. The van der Waals surface area contributed by atoms with E-state index in [4.69, 9.17) is 5.11 Å². The molecule has 0 bridgehead atoms. The zero-order valence-corrected chi connectivity index (χ0v) is 5.71. The Morgan fingerprint density at radius 2 is 2.40 bits per heavy atom. The largest absolute Gasteiger partial charge is 0.465 e. The third kappa shape index (κ3) is 2.09. The van der Waals surface area contributed by atoms with Gasteiger partial charge in [-0.15, -0.1) is 0 Å². The van der Waals surface area contributed by atoms with Gasteiger partial charge in [0, 0.05) is 6.04 Å². The SMILES string of the molecule is O=C(O)NC1CC=CCC1. The van der Waals surface area contributed by atoms with Crippen LogP contribution in [0, 0.1) is 0 Å². The van der Waals surface area contributed by atoms with E-state index in [1.165, 1.54) is 0 Å².